The second-order valence-electron chi connectivity index (χ2n) is 4.13. The normalized spacial score (nSPS) is 10.5. The lowest BCUT2D eigenvalue weighted by molar-refractivity contribution is 0.101. The fourth-order valence-electron chi connectivity index (χ4n) is 1.72. The summed E-state index contributed by atoms with van der Waals surface area (Å²) >= 11 is 2.02. The van der Waals surface area contributed by atoms with Gasteiger partial charge in [0.25, 0.3) is 5.91 Å². The number of ether oxygens (including phenoxy) is 1. The SMILES string of the molecule is COc1c(F)c(F)c(C(=O)Nc2ccc(I)cc2)c(F)c1F. The molecule has 0 unspecified atom stereocenters. The number of halogens is 5. The quantitative estimate of drug-likeness (QED) is 0.457. The van der Waals surface area contributed by atoms with Gasteiger partial charge >= 0.3 is 0 Å². The molecule has 0 atom stereocenters. The summed E-state index contributed by atoms with van der Waals surface area (Å²) in [4.78, 5) is 11.9. The predicted molar refractivity (Wildman–Crippen MR) is 79.9 cm³/mol. The molecule has 0 aromatic heterocycles. The van der Waals surface area contributed by atoms with E-state index in [0.717, 1.165) is 10.7 Å². The highest BCUT2D eigenvalue weighted by Gasteiger charge is 2.30. The number of rotatable bonds is 3. The average Bonchev–Trinajstić information content (AvgIpc) is 2.48. The Bertz CT molecular complexity index is 706. The number of amides is 1. The molecule has 0 radical (unpaired) electrons. The van der Waals surface area contributed by atoms with Crippen LogP contribution in [-0.4, -0.2) is 13.0 Å². The van der Waals surface area contributed by atoms with Crippen LogP contribution in [0.1, 0.15) is 10.4 Å². The molecule has 8 heteroatoms. The lowest BCUT2D eigenvalue weighted by Gasteiger charge is -2.11. The number of benzene rings is 2. The van der Waals surface area contributed by atoms with E-state index in [-0.39, 0.29) is 5.69 Å². The molecule has 116 valence electrons. The third-order valence-electron chi connectivity index (χ3n) is 2.76. The van der Waals surface area contributed by atoms with Gasteiger partial charge in [-0.25, -0.2) is 8.78 Å². The lowest BCUT2D eigenvalue weighted by Crippen LogP contribution is -2.18. The molecule has 0 saturated carbocycles. The number of hydrogen-bond acceptors (Lipinski definition) is 2. The van der Waals surface area contributed by atoms with Crippen LogP contribution in [0.3, 0.4) is 0 Å². The van der Waals surface area contributed by atoms with E-state index in [2.05, 4.69) is 10.1 Å². The minimum absolute atomic E-state index is 0.223. The molecule has 1 N–H and O–H groups in total. The number of carbonyl (C=O) groups is 1. The van der Waals surface area contributed by atoms with Gasteiger partial charge in [0.2, 0.25) is 11.6 Å². The Morgan fingerprint density at radius 3 is 1.95 bits per heavy atom. The lowest BCUT2D eigenvalue weighted by atomic mass is 10.1. The number of nitrogens with one attached hydrogen (secondary N) is 1. The smallest absolute Gasteiger partial charge is 0.261 e. The second kappa shape index (κ2) is 6.51. The molecule has 0 bridgehead atoms. The predicted octanol–water partition coefficient (Wildman–Crippen LogP) is 4.11. The van der Waals surface area contributed by atoms with Gasteiger partial charge in [0.15, 0.2) is 17.4 Å². The summed E-state index contributed by atoms with van der Waals surface area (Å²) in [6, 6.07) is 6.23. The van der Waals surface area contributed by atoms with E-state index in [4.69, 9.17) is 0 Å². The first kappa shape index (κ1) is 16.5. The van der Waals surface area contributed by atoms with Gasteiger partial charge in [-0.3, -0.25) is 4.79 Å². The van der Waals surface area contributed by atoms with E-state index in [1.54, 1.807) is 12.1 Å². The van der Waals surface area contributed by atoms with Gasteiger partial charge in [-0.1, -0.05) is 0 Å². The zero-order valence-electron chi connectivity index (χ0n) is 11.0. The van der Waals surface area contributed by atoms with Crippen LogP contribution in [0.2, 0.25) is 0 Å². The molecule has 2 rings (SSSR count). The monoisotopic (exact) mass is 425 g/mol. The van der Waals surface area contributed by atoms with Crippen molar-refractivity contribution in [2.45, 2.75) is 0 Å². The molecular formula is C14H8F4INO2. The molecule has 2 aromatic rings. The van der Waals surface area contributed by atoms with Crippen LogP contribution in [0.25, 0.3) is 0 Å². The fraction of sp³-hybridized carbons (Fsp3) is 0.0714. The van der Waals surface area contributed by atoms with Crippen molar-refractivity contribution in [2.75, 3.05) is 12.4 Å². The second-order valence-corrected chi connectivity index (χ2v) is 5.37. The fourth-order valence-corrected chi connectivity index (χ4v) is 2.08. The Labute approximate surface area is 136 Å². The van der Waals surface area contributed by atoms with E-state index < -0.39 is 40.5 Å². The highest BCUT2D eigenvalue weighted by molar-refractivity contribution is 14.1. The first-order valence-corrected chi connectivity index (χ1v) is 6.91. The maximum Gasteiger partial charge on any atom is 0.261 e. The van der Waals surface area contributed by atoms with Crippen molar-refractivity contribution < 1.29 is 27.1 Å². The maximum atomic E-state index is 13.8. The van der Waals surface area contributed by atoms with Crippen molar-refractivity contribution in [3.63, 3.8) is 0 Å². The van der Waals surface area contributed by atoms with E-state index in [0.29, 0.717) is 0 Å². The minimum atomic E-state index is -1.82. The summed E-state index contributed by atoms with van der Waals surface area (Å²) in [6.45, 7) is 0. The number of carbonyl (C=O) groups excluding carboxylic acids is 1. The first-order chi connectivity index (χ1) is 10.4. The third kappa shape index (κ3) is 3.01. The molecule has 0 aliphatic carbocycles. The van der Waals surface area contributed by atoms with Crippen molar-refractivity contribution in [3.05, 3.63) is 56.7 Å². The van der Waals surface area contributed by atoms with Crippen molar-refractivity contribution >= 4 is 34.2 Å². The summed E-state index contributed by atoms with van der Waals surface area (Å²) in [5.41, 5.74) is -1.13. The van der Waals surface area contributed by atoms with Crippen molar-refractivity contribution in [1.82, 2.24) is 0 Å². The molecule has 0 spiro atoms. The molecule has 0 heterocycles. The van der Waals surface area contributed by atoms with Gasteiger partial charge in [-0.2, -0.15) is 8.78 Å². The summed E-state index contributed by atoms with van der Waals surface area (Å²) < 4.78 is 59.8. The largest absolute Gasteiger partial charge is 0.491 e. The van der Waals surface area contributed by atoms with Crippen LogP contribution in [0.15, 0.2) is 24.3 Å². The topological polar surface area (TPSA) is 38.3 Å². The summed E-state index contributed by atoms with van der Waals surface area (Å²) in [6.07, 6.45) is 0. The summed E-state index contributed by atoms with van der Waals surface area (Å²) in [7, 11) is 0.853. The van der Waals surface area contributed by atoms with Gasteiger partial charge < -0.3 is 10.1 Å². The van der Waals surface area contributed by atoms with Crippen LogP contribution in [-0.2, 0) is 0 Å². The standard InChI is InChI=1S/C14H8F4INO2/c1-22-13-11(17)9(15)8(10(16)12(13)18)14(21)20-7-4-2-6(19)3-5-7/h2-5H,1H3,(H,20,21). The molecule has 2 aromatic carbocycles. The van der Waals surface area contributed by atoms with E-state index in [9.17, 15) is 22.4 Å². The van der Waals surface area contributed by atoms with Crippen LogP contribution in [0.5, 0.6) is 5.75 Å². The first-order valence-electron chi connectivity index (χ1n) is 5.83. The van der Waals surface area contributed by atoms with Gasteiger partial charge in [-0.05, 0) is 46.9 Å². The molecule has 1 amide bonds. The number of anilines is 1. The van der Waals surface area contributed by atoms with Crippen LogP contribution < -0.4 is 10.1 Å². The highest BCUT2D eigenvalue weighted by Crippen LogP contribution is 2.30. The van der Waals surface area contributed by atoms with Crippen LogP contribution >= 0.6 is 22.6 Å². The molecular weight excluding hydrogens is 417 g/mol. The average molecular weight is 425 g/mol. The molecule has 0 fully saturated rings. The molecule has 0 aliphatic heterocycles. The molecule has 3 nitrogen and oxygen atoms in total. The van der Waals surface area contributed by atoms with Gasteiger partial charge in [0.1, 0.15) is 5.56 Å². The Morgan fingerprint density at radius 2 is 1.50 bits per heavy atom. The van der Waals surface area contributed by atoms with Crippen molar-refractivity contribution in [2.24, 2.45) is 0 Å². The molecule has 0 aliphatic rings. The van der Waals surface area contributed by atoms with Crippen molar-refractivity contribution in [3.8, 4) is 5.75 Å². The van der Waals surface area contributed by atoms with E-state index in [1.807, 2.05) is 22.6 Å². The van der Waals surface area contributed by atoms with E-state index >= 15 is 0 Å². The van der Waals surface area contributed by atoms with Gasteiger partial charge in [0, 0.05) is 9.26 Å². The van der Waals surface area contributed by atoms with Crippen LogP contribution in [0, 0.1) is 26.8 Å². The van der Waals surface area contributed by atoms with Crippen LogP contribution in [0.4, 0.5) is 23.2 Å². The van der Waals surface area contributed by atoms with Crippen molar-refractivity contribution in [1.29, 1.82) is 0 Å². The Kier molecular flexibility index (Phi) is 4.89. The minimum Gasteiger partial charge on any atom is -0.491 e. The van der Waals surface area contributed by atoms with Gasteiger partial charge in [-0.15, -0.1) is 0 Å². The zero-order chi connectivity index (χ0) is 16.4. The van der Waals surface area contributed by atoms with E-state index in [1.165, 1.54) is 12.1 Å². The van der Waals surface area contributed by atoms with Gasteiger partial charge in [0.05, 0.1) is 7.11 Å². The Morgan fingerprint density at radius 1 is 1.00 bits per heavy atom. The summed E-state index contributed by atoms with van der Waals surface area (Å²) in [5.74, 6) is -9.71. The molecule has 22 heavy (non-hydrogen) atoms. The highest BCUT2D eigenvalue weighted by atomic mass is 127. The Hall–Kier alpha value is -1.84. The zero-order valence-corrected chi connectivity index (χ0v) is 13.2. The third-order valence-corrected chi connectivity index (χ3v) is 3.48. The number of hydrogen-bond donors (Lipinski definition) is 1. The number of methoxy groups -OCH3 is 1. The maximum absolute atomic E-state index is 13.8. The summed E-state index contributed by atoms with van der Waals surface area (Å²) in [5, 5.41) is 2.16. The molecule has 0 saturated heterocycles. The Balaban J connectivity index is 2.44.